The summed E-state index contributed by atoms with van der Waals surface area (Å²) < 4.78 is 34.0. The van der Waals surface area contributed by atoms with Gasteiger partial charge in [-0.05, 0) is 51.8 Å². The van der Waals surface area contributed by atoms with Crippen LogP contribution in [0.25, 0.3) is 11.3 Å². The van der Waals surface area contributed by atoms with Crippen molar-refractivity contribution in [1.29, 1.82) is 0 Å². The maximum absolute atomic E-state index is 12.9. The van der Waals surface area contributed by atoms with Gasteiger partial charge in [-0.15, -0.1) is 0 Å². The van der Waals surface area contributed by atoms with Crippen molar-refractivity contribution in [3.63, 3.8) is 0 Å². The molecule has 3 rings (SSSR count). The van der Waals surface area contributed by atoms with Gasteiger partial charge in [-0.2, -0.15) is 0 Å². The summed E-state index contributed by atoms with van der Waals surface area (Å²) in [7, 11) is -3.64. The minimum absolute atomic E-state index is 0.228. The maximum atomic E-state index is 12.9. The van der Waals surface area contributed by atoms with Gasteiger partial charge in [-0.25, -0.2) is 18.1 Å². The molecule has 1 heterocycles. The van der Waals surface area contributed by atoms with Crippen molar-refractivity contribution in [2.45, 2.75) is 51.5 Å². The number of hydrogen-bond donors (Lipinski definition) is 1. The SMILES string of the molecule is Cc1ccc(CC(C)(C)NS(=O)(=O)c2ccc(-c3nc(C)oc3C)cc2)cc1. The van der Waals surface area contributed by atoms with E-state index in [2.05, 4.69) is 9.71 Å². The predicted octanol–water partition coefficient (Wildman–Crippen LogP) is 4.57. The molecule has 0 saturated heterocycles. The molecular weight excluding hydrogens is 372 g/mol. The van der Waals surface area contributed by atoms with E-state index in [0.717, 1.165) is 16.8 Å². The lowest BCUT2D eigenvalue weighted by Crippen LogP contribution is -2.44. The number of aryl methyl sites for hydroxylation is 3. The molecule has 0 aliphatic carbocycles. The highest BCUT2D eigenvalue weighted by Gasteiger charge is 2.26. The molecule has 1 N–H and O–H groups in total. The molecule has 28 heavy (non-hydrogen) atoms. The number of sulfonamides is 1. The zero-order chi connectivity index (χ0) is 20.5. The summed E-state index contributed by atoms with van der Waals surface area (Å²) in [5.41, 5.74) is 3.21. The van der Waals surface area contributed by atoms with Gasteiger partial charge >= 0.3 is 0 Å². The maximum Gasteiger partial charge on any atom is 0.241 e. The smallest absolute Gasteiger partial charge is 0.241 e. The highest BCUT2D eigenvalue weighted by molar-refractivity contribution is 7.89. The molecule has 0 spiro atoms. The molecule has 148 valence electrons. The molecule has 6 heteroatoms. The first-order valence-corrected chi connectivity index (χ1v) is 10.7. The molecule has 0 unspecified atom stereocenters. The number of benzene rings is 2. The average molecular weight is 399 g/mol. The van der Waals surface area contributed by atoms with Crippen LogP contribution in [0.15, 0.2) is 57.8 Å². The largest absolute Gasteiger partial charge is 0.446 e. The molecule has 1 aromatic heterocycles. The quantitative estimate of drug-likeness (QED) is 0.660. The average Bonchev–Trinajstić information content (AvgIpc) is 2.94. The fraction of sp³-hybridized carbons (Fsp3) is 0.318. The van der Waals surface area contributed by atoms with Crippen LogP contribution in [0.5, 0.6) is 0 Å². The Kier molecular flexibility index (Phi) is 5.46. The summed E-state index contributed by atoms with van der Waals surface area (Å²) in [5, 5.41) is 0. The second-order valence-corrected chi connectivity index (χ2v) is 9.50. The van der Waals surface area contributed by atoms with Crippen molar-refractivity contribution in [3.8, 4) is 11.3 Å². The van der Waals surface area contributed by atoms with E-state index in [0.29, 0.717) is 18.1 Å². The summed E-state index contributed by atoms with van der Waals surface area (Å²) in [5.74, 6) is 1.30. The van der Waals surface area contributed by atoms with Gasteiger partial charge in [0.2, 0.25) is 10.0 Å². The van der Waals surface area contributed by atoms with Gasteiger partial charge in [0, 0.05) is 18.0 Å². The fourth-order valence-electron chi connectivity index (χ4n) is 3.26. The lowest BCUT2D eigenvalue weighted by atomic mass is 9.96. The van der Waals surface area contributed by atoms with Gasteiger partial charge in [0.25, 0.3) is 0 Å². The third-order valence-corrected chi connectivity index (χ3v) is 6.23. The van der Waals surface area contributed by atoms with Crippen LogP contribution < -0.4 is 4.72 Å². The van der Waals surface area contributed by atoms with Crippen LogP contribution in [0.2, 0.25) is 0 Å². The first-order valence-electron chi connectivity index (χ1n) is 9.20. The fourth-order valence-corrected chi connectivity index (χ4v) is 4.68. The predicted molar refractivity (Wildman–Crippen MR) is 111 cm³/mol. The van der Waals surface area contributed by atoms with Crippen LogP contribution in [0, 0.1) is 20.8 Å². The van der Waals surface area contributed by atoms with Crippen molar-refractivity contribution in [3.05, 3.63) is 71.3 Å². The lowest BCUT2D eigenvalue weighted by molar-refractivity contribution is 0.450. The third kappa shape index (κ3) is 4.69. The van der Waals surface area contributed by atoms with Crippen molar-refractivity contribution < 1.29 is 12.8 Å². The Morgan fingerprint density at radius 2 is 1.57 bits per heavy atom. The number of nitrogens with one attached hydrogen (secondary N) is 1. The summed E-state index contributed by atoms with van der Waals surface area (Å²) in [6.45, 7) is 9.44. The Morgan fingerprint density at radius 1 is 0.964 bits per heavy atom. The zero-order valence-corrected chi connectivity index (χ0v) is 17.7. The Morgan fingerprint density at radius 3 is 2.11 bits per heavy atom. The third-order valence-electron chi connectivity index (χ3n) is 4.52. The Hall–Kier alpha value is -2.44. The minimum Gasteiger partial charge on any atom is -0.446 e. The molecule has 0 radical (unpaired) electrons. The second-order valence-electron chi connectivity index (χ2n) is 7.81. The monoisotopic (exact) mass is 398 g/mol. The standard InChI is InChI=1S/C22H26N2O3S/c1-15-6-8-18(9-7-15)14-22(4,5)24-28(25,26)20-12-10-19(11-13-20)21-16(2)27-17(3)23-21/h6-13,24H,14H2,1-5H3. The molecule has 0 bridgehead atoms. The number of oxazole rings is 1. The molecule has 0 amide bonds. The van der Waals surface area contributed by atoms with Crippen LogP contribution in [0.4, 0.5) is 0 Å². The van der Waals surface area contributed by atoms with Gasteiger partial charge in [-0.3, -0.25) is 0 Å². The van der Waals surface area contributed by atoms with E-state index in [4.69, 9.17) is 4.42 Å². The van der Waals surface area contributed by atoms with E-state index < -0.39 is 15.6 Å². The van der Waals surface area contributed by atoms with E-state index in [1.165, 1.54) is 5.56 Å². The molecule has 0 fully saturated rings. The summed E-state index contributed by atoms with van der Waals surface area (Å²) in [4.78, 5) is 4.58. The van der Waals surface area contributed by atoms with E-state index in [1.54, 1.807) is 31.2 Å². The number of nitrogens with zero attached hydrogens (tertiary/aromatic N) is 1. The van der Waals surface area contributed by atoms with Gasteiger partial charge in [0.1, 0.15) is 11.5 Å². The van der Waals surface area contributed by atoms with E-state index in [1.807, 2.05) is 52.0 Å². The van der Waals surface area contributed by atoms with E-state index in [-0.39, 0.29) is 4.90 Å². The van der Waals surface area contributed by atoms with Crippen LogP contribution in [0.3, 0.4) is 0 Å². The Labute approximate surface area is 166 Å². The molecule has 0 saturated carbocycles. The van der Waals surface area contributed by atoms with Crippen molar-refractivity contribution in [2.24, 2.45) is 0 Å². The molecule has 0 aliphatic heterocycles. The molecule has 3 aromatic rings. The van der Waals surface area contributed by atoms with E-state index >= 15 is 0 Å². The number of rotatable bonds is 6. The number of aromatic nitrogens is 1. The molecule has 2 aromatic carbocycles. The lowest BCUT2D eigenvalue weighted by Gasteiger charge is -2.26. The highest BCUT2D eigenvalue weighted by atomic mass is 32.2. The first-order chi connectivity index (χ1) is 13.1. The normalized spacial score (nSPS) is 12.3. The molecule has 0 atom stereocenters. The van der Waals surface area contributed by atoms with Gasteiger partial charge in [0.15, 0.2) is 5.89 Å². The minimum atomic E-state index is -3.64. The van der Waals surface area contributed by atoms with Crippen LogP contribution in [-0.2, 0) is 16.4 Å². The van der Waals surface area contributed by atoms with E-state index in [9.17, 15) is 8.42 Å². The first kappa shape index (κ1) is 20.3. The molecule has 0 aliphatic rings. The molecular formula is C22H26N2O3S. The Bertz CT molecular complexity index is 1060. The van der Waals surface area contributed by atoms with Crippen LogP contribution in [0.1, 0.15) is 36.6 Å². The van der Waals surface area contributed by atoms with Crippen LogP contribution in [-0.4, -0.2) is 18.9 Å². The molecule has 5 nitrogen and oxygen atoms in total. The zero-order valence-electron chi connectivity index (χ0n) is 16.9. The summed E-state index contributed by atoms with van der Waals surface area (Å²) in [6.07, 6.45) is 0.599. The highest BCUT2D eigenvalue weighted by Crippen LogP contribution is 2.25. The topological polar surface area (TPSA) is 72.2 Å². The van der Waals surface area contributed by atoms with Crippen LogP contribution >= 0.6 is 0 Å². The summed E-state index contributed by atoms with van der Waals surface area (Å²) in [6, 6.07) is 14.8. The van der Waals surface area contributed by atoms with Crippen molar-refractivity contribution in [2.75, 3.05) is 0 Å². The van der Waals surface area contributed by atoms with Crippen molar-refractivity contribution in [1.82, 2.24) is 9.71 Å². The number of hydrogen-bond acceptors (Lipinski definition) is 4. The van der Waals surface area contributed by atoms with Gasteiger partial charge in [0.05, 0.1) is 4.90 Å². The summed E-state index contributed by atoms with van der Waals surface area (Å²) >= 11 is 0. The van der Waals surface area contributed by atoms with Gasteiger partial charge < -0.3 is 4.42 Å². The van der Waals surface area contributed by atoms with Gasteiger partial charge in [-0.1, -0.05) is 42.0 Å². The second kappa shape index (κ2) is 7.53. The van der Waals surface area contributed by atoms with Crippen molar-refractivity contribution >= 4 is 10.0 Å². The Balaban J connectivity index is 1.78.